The Morgan fingerprint density at radius 2 is 2.03 bits per heavy atom. The third-order valence-electron chi connectivity index (χ3n) is 4.60. The lowest BCUT2D eigenvalue weighted by molar-refractivity contribution is -0.129. The van der Waals surface area contributed by atoms with Gasteiger partial charge >= 0.3 is 0 Å². The maximum absolute atomic E-state index is 12.7. The van der Waals surface area contributed by atoms with Gasteiger partial charge in [-0.2, -0.15) is 4.68 Å². The number of pyridine rings is 1. The first-order valence-electron chi connectivity index (χ1n) is 9.27. The first-order valence-corrected chi connectivity index (χ1v) is 10.3. The molecule has 0 N–H and O–H groups in total. The van der Waals surface area contributed by atoms with E-state index in [9.17, 15) is 9.59 Å². The fourth-order valence-corrected chi connectivity index (χ4v) is 4.00. The predicted octanol–water partition coefficient (Wildman–Crippen LogP) is 1.36. The normalized spacial score (nSPS) is 13.2. The zero-order chi connectivity index (χ0) is 20.2. The Labute approximate surface area is 171 Å². The minimum absolute atomic E-state index is 0.0230. The summed E-state index contributed by atoms with van der Waals surface area (Å²) in [5.74, 6) is 0.854. The molecule has 0 bridgehead atoms. The van der Waals surface area contributed by atoms with Crippen LogP contribution in [0.4, 0.5) is 0 Å². The van der Waals surface area contributed by atoms with Gasteiger partial charge in [0, 0.05) is 24.8 Å². The average molecular weight is 412 g/mol. The van der Waals surface area contributed by atoms with Crippen LogP contribution in [0.1, 0.15) is 12.6 Å². The molecule has 10 heteroatoms. The molecule has 3 heterocycles. The van der Waals surface area contributed by atoms with E-state index in [1.165, 1.54) is 17.8 Å². The van der Waals surface area contributed by atoms with Gasteiger partial charge in [0.25, 0.3) is 5.56 Å². The molecule has 0 spiro atoms. The molecule has 0 fully saturated rings. The molecular formula is C19H20N6O3S. The number of carbonyl (C=O) groups excluding carboxylic acids is 1. The van der Waals surface area contributed by atoms with Crippen LogP contribution in [0.15, 0.2) is 52.4 Å². The number of hydrogen-bond donors (Lipinski definition) is 0. The minimum atomic E-state index is -0.0314. The Morgan fingerprint density at radius 3 is 2.90 bits per heavy atom. The fraction of sp³-hybridized carbons (Fsp3) is 0.316. The monoisotopic (exact) mass is 412 g/mol. The summed E-state index contributed by atoms with van der Waals surface area (Å²) in [4.78, 5) is 26.4. The smallest absolute Gasteiger partial charge is 0.250 e. The number of benzene rings is 1. The number of thioether (sulfide) groups is 1. The summed E-state index contributed by atoms with van der Waals surface area (Å²) in [5.41, 5.74) is 1.54. The Bertz CT molecular complexity index is 1080. The molecule has 0 radical (unpaired) electrons. The standard InChI is InChI=1S/C19H20N6O3S/c1-2-28-16-8-4-3-7-15(16)25-19(20-21-22-25)29-13-18(27)23-10-11-24-14(12-23)6-5-9-17(24)26/h3-9H,2,10-13H2,1H3. The van der Waals surface area contributed by atoms with E-state index >= 15 is 0 Å². The number of fused-ring (bicyclic) bond motifs is 1. The highest BCUT2D eigenvalue weighted by molar-refractivity contribution is 7.99. The number of nitrogens with zero attached hydrogens (tertiary/aromatic N) is 6. The van der Waals surface area contributed by atoms with Crippen LogP contribution in [0, 0.1) is 0 Å². The van der Waals surface area contributed by atoms with Crippen molar-refractivity contribution in [1.82, 2.24) is 29.7 Å². The first kappa shape index (κ1) is 19.2. The third kappa shape index (κ3) is 4.02. The van der Waals surface area contributed by atoms with Crippen LogP contribution in [0.5, 0.6) is 5.75 Å². The van der Waals surface area contributed by atoms with Gasteiger partial charge in [-0.05, 0) is 35.5 Å². The van der Waals surface area contributed by atoms with Crippen molar-refractivity contribution < 1.29 is 9.53 Å². The third-order valence-corrected chi connectivity index (χ3v) is 5.50. The van der Waals surface area contributed by atoms with E-state index in [1.54, 1.807) is 20.2 Å². The van der Waals surface area contributed by atoms with Gasteiger partial charge in [0.15, 0.2) is 0 Å². The second-order valence-electron chi connectivity index (χ2n) is 6.38. The molecule has 1 aliphatic heterocycles. The van der Waals surface area contributed by atoms with Gasteiger partial charge in [-0.3, -0.25) is 9.59 Å². The molecule has 150 valence electrons. The van der Waals surface area contributed by atoms with Crippen LogP contribution in [0.3, 0.4) is 0 Å². The number of aromatic nitrogens is 5. The molecule has 1 aromatic carbocycles. The summed E-state index contributed by atoms with van der Waals surface area (Å²) < 4.78 is 8.94. The maximum Gasteiger partial charge on any atom is 0.250 e. The first-order chi connectivity index (χ1) is 14.2. The molecule has 4 rings (SSSR count). The molecule has 0 saturated heterocycles. The Balaban J connectivity index is 1.45. The quantitative estimate of drug-likeness (QED) is 0.564. The van der Waals surface area contributed by atoms with Crippen LogP contribution >= 0.6 is 11.8 Å². The molecule has 0 aliphatic carbocycles. The summed E-state index contributed by atoms with van der Waals surface area (Å²) >= 11 is 1.27. The largest absolute Gasteiger partial charge is 0.492 e. The van der Waals surface area contributed by atoms with Gasteiger partial charge in [0.05, 0.1) is 18.9 Å². The highest BCUT2D eigenvalue weighted by Crippen LogP contribution is 2.26. The summed E-state index contributed by atoms with van der Waals surface area (Å²) in [6.45, 7) is 3.88. The fourth-order valence-electron chi connectivity index (χ4n) is 3.21. The van der Waals surface area contributed by atoms with Crippen LogP contribution in [0.2, 0.25) is 0 Å². The van der Waals surface area contributed by atoms with Crippen molar-refractivity contribution >= 4 is 17.7 Å². The Hall–Kier alpha value is -3.14. The van der Waals surface area contributed by atoms with E-state index in [0.29, 0.717) is 37.1 Å². The predicted molar refractivity (Wildman–Crippen MR) is 107 cm³/mol. The van der Waals surface area contributed by atoms with Gasteiger partial charge in [0.2, 0.25) is 11.1 Å². The van der Waals surface area contributed by atoms with Gasteiger partial charge in [-0.1, -0.05) is 30.0 Å². The van der Waals surface area contributed by atoms with E-state index in [1.807, 2.05) is 37.3 Å². The molecule has 2 aromatic heterocycles. The zero-order valence-electron chi connectivity index (χ0n) is 15.9. The van der Waals surface area contributed by atoms with Crippen LogP contribution in [-0.2, 0) is 17.9 Å². The number of rotatable bonds is 6. The van der Waals surface area contributed by atoms with Crippen molar-refractivity contribution in [3.05, 3.63) is 58.5 Å². The number of ether oxygens (including phenoxy) is 1. The van der Waals surface area contributed by atoms with Crippen molar-refractivity contribution in [1.29, 1.82) is 0 Å². The number of tetrazole rings is 1. The summed E-state index contributed by atoms with van der Waals surface area (Å²) in [6.07, 6.45) is 0. The van der Waals surface area contributed by atoms with Gasteiger partial charge in [-0.25, -0.2) is 0 Å². The number of carbonyl (C=O) groups is 1. The lowest BCUT2D eigenvalue weighted by atomic mass is 10.2. The average Bonchev–Trinajstić information content (AvgIpc) is 3.21. The van der Waals surface area contributed by atoms with Gasteiger partial charge < -0.3 is 14.2 Å². The highest BCUT2D eigenvalue weighted by atomic mass is 32.2. The molecule has 9 nitrogen and oxygen atoms in total. The number of para-hydroxylation sites is 2. The molecule has 0 atom stereocenters. The van der Waals surface area contributed by atoms with Crippen LogP contribution in [0.25, 0.3) is 5.69 Å². The molecular weight excluding hydrogens is 392 g/mol. The van der Waals surface area contributed by atoms with Crippen molar-refractivity contribution in [3.8, 4) is 11.4 Å². The van der Waals surface area contributed by atoms with Gasteiger partial charge in [0.1, 0.15) is 11.4 Å². The summed E-state index contributed by atoms with van der Waals surface area (Å²) in [5, 5.41) is 12.4. The number of amides is 1. The highest BCUT2D eigenvalue weighted by Gasteiger charge is 2.22. The topological polar surface area (TPSA) is 95.1 Å². The van der Waals surface area contributed by atoms with E-state index in [2.05, 4.69) is 15.5 Å². The van der Waals surface area contributed by atoms with Crippen molar-refractivity contribution in [2.75, 3.05) is 18.9 Å². The van der Waals surface area contributed by atoms with Crippen molar-refractivity contribution in [2.24, 2.45) is 0 Å². The SMILES string of the molecule is CCOc1ccccc1-n1nnnc1SCC(=O)N1CCn2c(cccc2=O)C1. The summed E-state index contributed by atoms with van der Waals surface area (Å²) in [6, 6.07) is 12.6. The van der Waals surface area contributed by atoms with Crippen molar-refractivity contribution in [2.45, 2.75) is 25.2 Å². The molecule has 0 unspecified atom stereocenters. The van der Waals surface area contributed by atoms with Crippen LogP contribution in [-0.4, -0.2) is 54.5 Å². The van der Waals surface area contributed by atoms with E-state index < -0.39 is 0 Å². The van der Waals surface area contributed by atoms with Gasteiger partial charge in [-0.15, -0.1) is 5.10 Å². The molecule has 3 aromatic rings. The zero-order valence-corrected chi connectivity index (χ0v) is 16.7. The van der Waals surface area contributed by atoms with E-state index in [0.717, 1.165) is 11.4 Å². The van der Waals surface area contributed by atoms with Crippen LogP contribution < -0.4 is 10.3 Å². The molecule has 1 amide bonds. The minimum Gasteiger partial charge on any atom is -0.492 e. The van der Waals surface area contributed by atoms with E-state index in [4.69, 9.17) is 4.74 Å². The maximum atomic E-state index is 12.7. The van der Waals surface area contributed by atoms with Crippen molar-refractivity contribution in [3.63, 3.8) is 0 Å². The van der Waals surface area contributed by atoms with E-state index in [-0.39, 0.29) is 17.2 Å². The second kappa shape index (κ2) is 8.48. The molecule has 0 saturated carbocycles. The Kier molecular flexibility index (Phi) is 5.61. The molecule has 1 aliphatic rings. The Morgan fingerprint density at radius 1 is 1.17 bits per heavy atom. The lowest BCUT2D eigenvalue weighted by Crippen LogP contribution is -2.42. The lowest BCUT2D eigenvalue weighted by Gasteiger charge is -2.29. The summed E-state index contributed by atoms with van der Waals surface area (Å²) in [7, 11) is 0. The number of hydrogen-bond acceptors (Lipinski definition) is 7. The molecule has 29 heavy (non-hydrogen) atoms. The second-order valence-corrected chi connectivity index (χ2v) is 7.33.